The fourth-order valence-corrected chi connectivity index (χ4v) is 0.785. The lowest BCUT2D eigenvalue weighted by molar-refractivity contribution is -0.153. The van der Waals surface area contributed by atoms with E-state index in [1.807, 2.05) is 0 Å². The van der Waals surface area contributed by atoms with Crippen LogP contribution in [-0.2, 0) is 19.1 Å². The summed E-state index contributed by atoms with van der Waals surface area (Å²) in [4.78, 5) is 21.4. The third kappa shape index (κ3) is 2.81. The van der Waals surface area contributed by atoms with Gasteiger partial charge in [-0.05, 0) is 20.8 Å². The van der Waals surface area contributed by atoms with Crippen LogP contribution in [0.2, 0.25) is 0 Å². The third-order valence-corrected chi connectivity index (χ3v) is 1.75. The number of hydrogen-bond acceptors (Lipinski definition) is 4. The number of carbonyl (C=O) groups is 2. The summed E-state index contributed by atoms with van der Waals surface area (Å²) >= 11 is 0. The second-order valence-corrected chi connectivity index (χ2v) is 4.12. The van der Waals surface area contributed by atoms with Gasteiger partial charge in [0.2, 0.25) is 0 Å². The van der Waals surface area contributed by atoms with Gasteiger partial charge in [-0.3, -0.25) is 4.79 Å². The molecular formula is C9H14O4. The van der Waals surface area contributed by atoms with Crippen LogP contribution in [-0.4, -0.2) is 31.1 Å². The Morgan fingerprint density at radius 3 is 2.54 bits per heavy atom. The lowest BCUT2D eigenvalue weighted by atomic mass is 9.97. The molecule has 0 saturated carbocycles. The van der Waals surface area contributed by atoms with E-state index in [0.29, 0.717) is 0 Å². The van der Waals surface area contributed by atoms with Crippen molar-refractivity contribution in [3.8, 4) is 0 Å². The van der Waals surface area contributed by atoms with Gasteiger partial charge in [0, 0.05) is 0 Å². The maximum atomic E-state index is 11.2. The molecule has 74 valence electrons. The molecule has 0 bridgehead atoms. The average molecular weight is 186 g/mol. The molecule has 0 aliphatic carbocycles. The first-order valence-corrected chi connectivity index (χ1v) is 4.23. The van der Waals surface area contributed by atoms with Gasteiger partial charge in [-0.15, -0.1) is 0 Å². The Labute approximate surface area is 77.2 Å². The molecule has 4 heteroatoms. The van der Waals surface area contributed by atoms with Crippen LogP contribution in [0.15, 0.2) is 0 Å². The highest BCUT2D eigenvalue weighted by molar-refractivity contribution is 5.75. The van der Waals surface area contributed by atoms with E-state index in [9.17, 15) is 9.59 Å². The largest absolute Gasteiger partial charge is 0.462 e. The third-order valence-electron chi connectivity index (χ3n) is 1.75. The molecule has 4 nitrogen and oxygen atoms in total. The number of aldehydes is 1. The van der Waals surface area contributed by atoms with Gasteiger partial charge in [0.05, 0.1) is 5.41 Å². The van der Waals surface area contributed by atoms with Crippen LogP contribution in [0.3, 0.4) is 0 Å². The average Bonchev–Trinajstić information content (AvgIpc) is 2.76. The molecule has 0 N–H and O–H groups in total. The van der Waals surface area contributed by atoms with Gasteiger partial charge in [0.15, 0.2) is 6.29 Å². The van der Waals surface area contributed by atoms with E-state index < -0.39 is 5.41 Å². The van der Waals surface area contributed by atoms with Crippen LogP contribution in [0, 0.1) is 5.41 Å². The highest BCUT2D eigenvalue weighted by Crippen LogP contribution is 2.22. The minimum absolute atomic E-state index is 0.180. The Balaban J connectivity index is 2.21. The van der Waals surface area contributed by atoms with E-state index in [1.165, 1.54) is 0 Å². The summed E-state index contributed by atoms with van der Waals surface area (Å²) in [5, 5.41) is 0. The molecule has 2 atom stereocenters. The number of epoxide rings is 1. The Kier molecular flexibility index (Phi) is 2.71. The molecule has 13 heavy (non-hydrogen) atoms. The SMILES string of the molecule is CC(C)(C)C(=O)OC[C@H]1O[C@H]1C=O. The number of carbonyl (C=O) groups excluding carboxylic acids is 2. The van der Waals surface area contributed by atoms with Crippen molar-refractivity contribution in [1.29, 1.82) is 0 Å². The molecule has 0 amide bonds. The number of rotatable bonds is 3. The maximum absolute atomic E-state index is 11.2. The normalized spacial score (nSPS) is 26.7. The van der Waals surface area contributed by atoms with Crippen molar-refractivity contribution in [2.75, 3.05) is 6.61 Å². The summed E-state index contributed by atoms with van der Waals surface area (Å²) < 4.78 is 9.82. The Bertz CT molecular complexity index is 216. The van der Waals surface area contributed by atoms with E-state index >= 15 is 0 Å². The van der Waals surface area contributed by atoms with E-state index in [0.717, 1.165) is 6.29 Å². The lowest BCUT2D eigenvalue weighted by Crippen LogP contribution is -2.24. The fourth-order valence-electron chi connectivity index (χ4n) is 0.785. The number of esters is 1. The van der Waals surface area contributed by atoms with Crippen molar-refractivity contribution in [2.45, 2.75) is 33.0 Å². The minimum Gasteiger partial charge on any atom is -0.462 e. The number of hydrogen-bond donors (Lipinski definition) is 0. The second kappa shape index (κ2) is 3.46. The van der Waals surface area contributed by atoms with E-state index in [4.69, 9.17) is 9.47 Å². The smallest absolute Gasteiger partial charge is 0.311 e. The predicted octanol–water partition coefficient (Wildman–Crippen LogP) is 0.542. The van der Waals surface area contributed by atoms with Crippen LogP contribution >= 0.6 is 0 Å². The zero-order valence-electron chi connectivity index (χ0n) is 8.07. The van der Waals surface area contributed by atoms with Gasteiger partial charge in [0.1, 0.15) is 18.8 Å². The topological polar surface area (TPSA) is 55.9 Å². The molecule has 0 aromatic heterocycles. The van der Waals surface area contributed by atoms with Gasteiger partial charge in [-0.25, -0.2) is 0 Å². The van der Waals surface area contributed by atoms with Crippen LogP contribution in [0.1, 0.15) is 20.8 Å². The molecule has 0 radical (unpaired) electrons. The van der Waals surface area contributed by atoms with Crippen molar-refractivity contribution >= 4 is 12.3 Å². The minimum atomic E-state index is -0.494. The fraction of sp³-hybridized carbons (Fsp3) is 0.778. The zero-order valence-corrected chi connectivity index (χ0v) is 8.07. The van der Waals surface area contributed by atoms with Crippen LogP contribution in [0.25, 0.3) is 0 Å². The van der Waals surface area contributed by atoms with Gasteiger partial charge >= 0.3 is 5.97 Å². The summed E-state index contributed by atoms with van der Waals surface area (Å²) in [6.45, 7) is 5.51. The lowest BCUT2D eigenvalue weighted by Gasteiger charge is -2.15. The molecular weight excluding hydrogens is 172 g/mol. The summed E-state index contributed by atoms with van der Waals surface area (Å²) in [6.07, 6.45) is 0.131. The van der Waals surface area contributed by atoms with Gasteiger partial charge in [-0.2, -0.15) is 0 Å². The monoisotopic (exact) mass is 186 g/mol. The standard InChI is InChI=1S/C9H14O4/c1-9(2,3)8(11)12-5-7-6(4-10)13-7/h4,6-7H,5H2,1-3H3/t6-,7+/m0/s1. The van der Waals surface area contributed by atoms with E-state index in [2.05, 4.69) is 0 Å². The predicted molar refractivity (Wildman–Crippen MR) is 45.1 cm³/mol. The second-order valence-electron chi connectivity index (χ2n) is 4.12. The van der Waals surface area contributed by atoms with Gasteiger partial charge < -0.3 is 14.3 Å². The molecule has 1 heterocycles. The Morgan fingerprint density at radius 2 is 2.15 bits per heavy atom. The van der Waals surface area contributed by atoms with Crippen molar-refractivity contribution in [2.24, 2.45) is 5.41 Å². The van der Waals surface area contributed by atoms with E-state index in [-0.39, 0.29) is 24.8 Å². The molecule has 0 aromatic rings. The van der Waals surface area contributed by atoms with Crippen molar-refractivity contribution in [3.05, 3.63) is 0 Å². The summed E-state index contributed by atoms with van der Waals surface area (Å²) in [7, 11) is 0. The first-order valence-electron chi connectivity index (χ1n) is 4.23. The zero-order chi connectivity index (χ0) is 10.1. The van der Waals surface area contributed by atoms with Crippen molar-refractivity contribution in [1.82, 2.24) is 0 Å². The number of ether oxygens (including phenoxy) is 2. The molecule has 1 saturated heterocycles. The Hall–Kier alpha value is -0.900. The molecule has 1 fully saturated rings. The van der Waals surface area contributed by atoms with Crippen LogP contribution < -0.4 is 0 Å². The molecule has 0 unspecified atom stereocenters. The van der Waals surface area contributed by atoms with Crippen molar-refractivity contribution in [3.63, 3.8) is 0 Å². The quantitative estimate of drug-likeness (QED) is 0.367. The highest BCUT2D eigenvalue weighted by atomic mass is 16.6. The molecule has 0 spiro atoms. The van der Waals surface area contributed by atoms with Gasteiger partial charge in [0.25, 0.3) is 0 Å². The van der Waals surface area contributed by atoms with Crippen LogP contribution in [0.5, 0.6) is 0 Å². The first-order chi connectivity index (χ1) is 5.95. The maximum Gasteiger partial charge on any atom is 0.311 e. The summed E-state index contributed by atoms with van der Waals surface area (Å²) in [5.41, 5.74) is -0.494. The van der Waals surface area contributed by atoms with Gasteiger partial charge in [-0.1, -0.05) is 0 Å². The van der Waals surface area contributed by atoms with E-state index in [1.54, 1.807) is 20.8 Å². The Morgan fingerprint density at radius 1 is 1.54 bits per heavy atom. The van der Waals surface area contributed by atoms with Crippen LogP contribution in [0.4, 0.5) is 0 Å². The molecule has 1 aliphatic heterocycles. The molecule has 1 rings (SSSR count). The first kappa shape index (κ1) is 10.2. The molecule has 1 aliphatic rings. The highest BCUT2D eigenvalue weighted by Gasteiger charge is 2.40. The molecule has 0 aromatic carbocycles. The summed E-state index contributed by atoms with van der Waals surface area (Å²) in [5.74, 6) is -0.271. The summed E-state index contributed by atoms with van der Waals surface area (Å²) in [6, 6.07) is 0. The van der Waals surface area contributed by atoms with Crippen molar-refractivity contribution < 1.29 is 19.1 Å².